The number of alkyl halides is 6. The van der Waals surface area contributed by atoms with Crippen LogP contribution in [-0.4, -0.2) is 64.9 Å². The molecule has 0 atom stereocenters. The topological polar surface area (TPSA) is 67.4 Å². The Hall–Kier alpha value is -2.89. The number of aromatic nitrogens is 2. The fourth-order valence-electron chi connectivity index (χ4n) is 5.00. The summed E-state index contributed by atoms with van der Waals surface area (Å²) >= 11 is 0. The Morgan fingerprint density at radius 2 is 1.89 bits per heavy atom. The van der Waals surface area contributed by atoms with Crippen molar-refractivity contribution in [2.24, 2.45) is 0 Å². The molecular formula is C26H30F6N4O2. The highest BCUT2D eigenvalue weighted by molar-refractivity contribution is 5.95. The number of carbonyl (C=O) groups is 1. The van der Waals surface area contributed by atoms with Crippen LogP contribution in [0, 0.1) is 0 Å². The fourth-order valence-corrected chi connectivity index (χ4v) is 5.00. The number of nitrogens with zero attached hydrogens (tertiary/aromatic N) is 3. The van der Waals surface area contributed by atoms with Crippen molar-refractivity contribution in [1.29, 1.82) is 0 Å². The van der Waals surface area contributed by atoms with Gasteiger partial charge in [0, 0.05) is 50.1 Å². The average Bonchev–Trinajstić information content (AvgIpc) is 3.09. The number of hydrogen-bond donors (Lipinski definition) is 1. The highest BCUT2D eigenvalue weighted by Gasteiger charge is 2.36. The van der Waals surface area contributed by atoms with Crippen molar-refractivity contribution in [3.8, 4) is 5.88 Å². The molecule has 2 aliphatic rings. The predicted molar refractivity (Wildman–Crippen MR) is 127 cm³/mol. The van der Waals surface area contributed by atoms with E-state index in [1.165, 1.54) is 24.4 Å². The molecule has 2 aromatic heterocycles. The van der Waals surface area contributed by atoms with Crippen LogP contribution < -0.4 is 10.1 Å². The van der Waals surface area contributed by atoms with E-state index in [0.717, 1.165) is 5.56 Å². The number of halogens is 6. The van der Waals surface area contributed by atoms with Crippen LogP contribution in [0.15, 0.2) is 30.5 Å². The molecule has 1 saturated carbocycles. The lowest BCUT2D eigenvalue weighted by Gasteiger charge is -2.35. The van der Waals surface area contributed by atoms with Gasteiger partial charge in [-0.3, -0.25) is 9.78 Å². The molecule has 1 aliphatic heterocycles. The summed E-state index contributed by atoms with van der Waals surface area (Å²) in [6.07, 6.45) is -3.28. The van der Waals surface area contributed by atoms with Gasteiger partial charge in [-0.1, -0.05) is 6.07 Å². The molecule has 1 amide bonds. The summed E-state index contributed by atoms with van der Waals surface area (Å²) < 4.78 is 83.9. The standard InChI is InChI=1S/C26H30F6N4O2/c27-23(28)22-19(2-1-12-33-22)24(37)34-18-5-9-25(29,10-6-18)11-15-36-13-7-17-3-4-21(35-20(17)8-14-36)38-16-26(30,31)32/h1-4,12,18,23H,5-11,13-16H2,(H,34,37). The first-order valence-electron chi connectivity index (χ1n) is 12.6. The second-order valence-corrected chi connectivity index (χ2v) is 9.89. The van der Waals surface area contributed by atoms with Crippen molar-refractivity contribution in [2.75, 3.05) is 26.2 Å². The Morgan fingerprint density at radius 3 is 2.61 bits per heavy atom. The number of fused-ring (bicyclic) bond motifs is 1. The molecule has 0 saturated heterocycles. The van der Waals surface area contributed by atoms with E-state index < -0.39 is 36.5 Å². The van der Waals surface area contributed by atoms with Gasteiger partial charge in [0.1, 0.15) is 11.4 Å². The van der Waals surface area contributed by atoms with Gasteiger partial charge in [0.25, 0.3) is 12.3 Å². The molecular weight excluding hydrogens is 514 g/mol. The monoisotopic (exact) mass is 544 g/mol. The van der Waals surface area contributed by atoms with Gasteiger partial charge in [0.2, 0.25) is 5.88 Å². The van der Waals surface area contributed by atoms with Crippen LogP contribution in [0.2, 0.25) is 0 Å². The molecule has 208 valence electrons. The number of amides is 1. The van der Waals surface area contributed by atoms with E-state index in [-0.39, 0.29) is 30.3 Å². The van der Waals surface area contributed by atoms with Crippen LogP contribution in [-0.2, 0) is 12.8 Å². The number of pyridine rings is 2. The van der Waals surface area contributed by atoms with Crippen LogP contribution in [0.1, 0.15) is 65.8 Å². The van der Waals surface area contributed by atoms with E-state index in [1.807, 2.05) is 0 Å². The van der Waals surface area contributed by atoms with Gasteiger partial charge >= 0.3 is 6.18 Å². The summed E-state index contributed by atoms with van der Waals surface area (Å²) in [7, 11) is 0. The highest BCUT2D eigenvalue weighted by Crippen LogP contribution is 2.35. The van der Waals surface area contributed by atoms with Gasteiger partial charge in [0.15, 0.2) is 6.61 Å². The average molecular weight is 545 g/mol. The summed E-state index contributed by atoms with van der Waals surface area (Å²) in [5.74, 6) is -0.690. The maximum atomic E-state index is 15.6. The second kappa shape index (κ2) is 11.9. The first-order chi connectivity index (χ1) is 18.0. The lowest BCUT2D eigenvalue weighted by Crippen LogP contribution is -2.43. The van der Waals surface area contributed by atoms with Gasteiger partial charge in [0.05, 0.1) is 5.56 Å². The SMILES string of the molecule is O=C(NC1CCC(F)(CCN2CCc3ccc(OCC(F)(F)F)nc3CC2)CC1)c1cccnc1C(F)F. The Kier molecular flexibility index (Phi) is 8.79. The number of ether oxygens (including phenoxy) is 1. The molecule has 4 rings (SSSR count). The number of nitrogens with one attached hydrogen (secondary N) is 1. The largest absolute Gasteiger partial charge is 0.468 e. The molecule has 0 radical (unpaired) electrons. The maximum Gasteiger partial charge on any atom is 0.422 e. The van der Waals surface area contributed by atoms with Gasteiger partial charge in [-0.05, 0) is 56.2 Å². The zero-order valence-corrected chi connectivity index (χ0v) is 20.7. The molecule has 0 unspecified atom stereocenters. The van der Waals surface area contributed by atoms with Gasteiger partial charge in [-0.15, -0.1) is 0 Å². The molecule has 2 aromatic rings. The summed E-state index contributed by atoms with van der Waals surface area (Å²) in [6.45, 7) is 0.416. The molecule has 38 heavy (non-hydrogen) atoms. The van der Waals surface area contributed by atoms with Crippen LogP contribution in [0.3, 0.4) is 0 Å². The summed E-state index contributed by atoms with van der Waals surface area (Å²) in [5, 5.41) is 2.74. The highest BCUT2D eigenvalue weighted by atomic mass is 19.4. The predicted octanol–water partition coefficient (Wildman–Crippen LogP) is 5.23. The Bertz CT molecular complexity index is 1110. The summed E-state index contributed by atoms with van der Waals surface area (Å²) in [5.41, 5.74) is -0.487. The third-order valence-electron chi connectivity index (χ3n) is 7.17. The van der Waals surface area contributed by atoms with Gasteiger partial charge < -0.3 is 15.0 Å². The second-order valence-electron chi connectivity index (χ2n) is 9.89. The zero-order chi connectivity index (χ0) is 27.3. The van der Waals surface area contributed by atoms with E-state index in [9.17, 15) is 26.7 Å². The van der Waals surface area contributed by atoms with Crippen molar-refractivity contribution in [2.45, 2.75) is 69.3 Å². The first kappa shape index (κ1) is 28.1. The molecule has 0 aromatic carbocycles. The molecule has 12 heteroatoms. The Labute approximate surface area is 216 Å². The molecule has 0 spiro atoms. The van der Waals surface area contributed by atoms with E-state index in [2.05, 4.69) is 20.2 Å². The van der Waals surface area contributed by atoms with Crippen molar-refractivity contribution >= 4 is 5.91 Å². The molecule has 1 aliphatic carbocycles. The molecule has 6 nitrogen and oxygen atoms in total. The summed E-state index contributed by atoms with van der Waals surface area (Å²) in [6, 6.07) is 5.60. The third-order valence-corrected chi connectivity index (χ3v) is 7.17. The van der Waals surface area contributed by atoms with Crippen LogP contribution in [0.25, 0.3) is 0 Å². The quantitative estimate of drug-likeness (QED) is 0.462. The minimum absolute atomic E-state index is 0.0601. The maximum absolute atomic E-state index is 15.6. The van der Waals surface area contributed by atoms with Crippen molar-refractivity contribution in [3.05, 3.63) is 53.0 Å². The van der Waals surface area contributed by atoms with Crippen LogP contribution in [0.5, 0.6) is 5.88 Å². The minimum atomic E-state index is -4.43. The summed E-state index contributed by atoms with van der Waals surface area (Å²) in [4.78, 5) is 22.5. The van der Waals surface area contributed by atoms with Crippen LogP contribution >= 0.6 is 0 Å². The lowest BCUT2D eigenvalue weighted by atomic mass is 9.81. The third kappa shape index (κ3) is 7.58. The fraction of sp³-hybridized carbons (Fsp3) is 0.577. The normalized spacial score (nSPS) is 22.6. The number of hydrogen-bond acceptors (Lipinski definition) is 5. The van der Waals surface area contributed by atoms with Crippen molar-refractivity contribution in [1.82, 2.24) is 20.2 Å². The lowest BCUT2D eigenvalue weighted by molar-refractivity contribution is -0.154. The van der Waals surface area contributed by atoms with E-state index >= 15 is 4.39 Å². The molecule has 0 bridgehead atoms. The molecule has 3 heterocycles. The first-order valence-corrected chi connectivity index (χ1v) is 12.6. The molecule has 1 N–H and O–H groups in total. The minimum Gasteiger partial charge on any atom is -0.468 e. The van der Waals surface area contributed by atoms with Crippen LogP contribution in [0.4, 0.5) is 26.3 Å². The smallest absolute Gasteiger partial charge is 0.422 e. The van der Waals surface area contributed by atoms with Crippen molar-refractivity contribution in [3.63, 3.8) is 0 Å². The van der Waals surface area contributed by atoms with Crippen molar-refractivity contribution < 1.29 is 35.9 Å². The van der Waals surface area contributed by atoms with E-state index in [1.54, 1.807) is 6.07 Å². The zero-order valence-electron chi connectivity index (χ0n) is 20.7. The Morgan fingerprint density at radius 1 is 1.16 bits per heavy atom. The van der Waals surface area contributed by atoms with Gasteiger partial charge in [-0.25, -0.2) is 18.2 Å². The molecule has 1 fully saturated rings. The van der Waals surface area contributed by atoms with Gasteiger partial charge in [-0.2, -0.15) is 13.2 Å². The van der Waals surface area contributed by atoms with E-state index in [0.29, 0.717) is 57.4 Å². The van der Waals surface area contributed by atoms with E-state index in [4.69, 9.17) is 4.74 Å². The number of carbonyl (C=O) groups excluding carboxylic acids is 1. The number of rotatable bonds is 8. The Balaban J connectivity index is 1.23.